The zero-order valence-electron chi connectivity index (χ0n) is 21.0. The smallest absolute Gasteiger partial charge is 0.344 e. The SMILES string of the molecule is Cc1cc(OCCCS(C)(=O)=O)cc(C)c1-c1cccc(COc2ccc(OC(C)C(=O)O)cc2)c1. The third kappa shape index (κ3) is 8.02. The molecule has 0 spiro atoms. The summed E-state index contributed by atoms with van der Waals surface area (Å²) in [5, 5.41) is 8.95. The van der Waals surface area contributed by atoms with Crippen molar-refractivity contribution in [3.63, 3.8) is 0 Å². The maximum Gasteiger partial charge on any atom is 0.344 e. The Bertz CT molecular complexity index is 1270. The first-order valence-electron chi connectivity index (χ1n) is 11.7. The lowest BCUT2D eigenvalue weighted by Crippen LogP contribution is -2.22. The van der Waals surface area contributed by atoms with E-state index < -0.39 is 21.9 Å². The first-order chi connectivity index (χ1) is 17.0. The number of hydrogen-bond donors (Lipinski definition) is 1. The van der Waals surface area contributed by atoms with E-state index in [2.05, 4.69) is 12.1 Å². The molecule has 8 heteroatoms. The van der Waals surface area contributed by atoms with Crippen molar-refractivity contribution < 1.29 is 32.5 Å². The number of ether oxygens (including phenoxy) is 3. The Morgan fingerprint density at radius 2 is 1.56 bits per heavy atom. The van der Waals surface area contributed by atoms with Crippen molar-refractivity contribution in [2.24, 2.45) is 0 Å². The van der Waals surface area contributed by atoms with Crippen LogP contribution in [-0.2, 0) is 21.2 Å². The summed E-state index contributed by atoms with van der Waals surface area (Å²) < 4.78 is 39.6. The minimum Gasteiger partial charge on any atom is -0.494 e. The second kappa shape index (κ2) is 11.9. The lowest BCUT2D eigenvalue weighted by molar-refractivity contribution is -0.144. The van der Waals surface area contributed by atoms with Crippen molar-refractivity contribution in [3.8, 4) is 28.4 Å². The summed E-state index contributed by atoms with van der Waals surface area (Å²) >= 11 is 0. The molecule has 0 amide bonds. The van der Waals surface area contributed by atoms with E-state index >= 15 is 0 Å². The van der Waals surface area contributed by atoms with Crippen molar-refractivity contribution in [1.29, 1.82) is 0 Å². The van der Waals surface area contributed by atoms with Gasteiger partial charge in [0.1, 0.15) is 33.7 Å². The van der Waals surface area contributed by atoms with Crippen LogP contribution < -0.4 is 14.2 Å². The van der Waals surface area contributed by atoms with Gasteiger partial charge in [0, 0.05) is 6.26 Å². The summed E-state index contributed by atoms with van der Waals surface area (Å²) in [5.41, 5.74) is 5.33. The number of aryl methyl sites for hydroxylation is 2. The maximum absolute atomic E-state index is 11.3. The fraction of sp³-hybridized carbons (Fsp3) is 0.321. The predicted molar refractivity (Wildman–Crippen MR) is 140 cm³/mol. The van der Waals surface area contributed by atoms with Crippen molar-refractivity contribution in [2.75, 3.05) is 18.6 Å². The molecule has 3 aromatic carbocycles. The van der Waals surface area contributed by atoms with Crippen molar-refractivity contribution in [1.82, 2.24) is 0 Å². The monoisotopic (exact) mass is 512 g/mol. The molecule has 36 heavy (non-hydrogen) atoms. The Balaban J connectivity index is 1.64. The Morgan fingerprint density at radius 1 is 0.917 bits per heavy atom. The third-order valence-electron chi connectivity index (χ3n) is 5.54. The Labute approximate surface area is 212 Å². The molecule has 0 saturated carbocycles. The lowest BCUT2D eigenvalue weighted by atomic mass is 9.94. The van der Waals surface area contributed by atoms with Crippen LogP contribution in [0.15, 0.2) is 60.7 Å². The van der Waals surface area contributed by atoms with E-state index in [1.54, 1.807) is 24.3 Å². The van der Waals surface area contributed by atoms with Gasteiger partial charge in [0.05, 0.1) is 12.4 Å². The normalized spacial score (nSPS) is 12.1. The highest BCUT2D eigenvalue weighted by atomic mass is 32.2. The maximum atomic E-state index is 11.3. The summed E-state index contributed by atoms with van der Waals surface area (Å²) in [6, 6.07) is 18.9. The van der Waals surface area contributed by atoms with Gasteiger partial charge in [-0.1, -0.05) is 18.2 Å². The van der Waals surface area contributed by atoms with Gasteiger partial charge in [-0.25, -0.2) is 13.2 Å². The highest BCUT2D eigenvalue weighted by molar-refractivity contribution is 7.90. The topological polar surface area (TPSA) is 99.1 Å². The van der Waals surface area contributed by atoms with Crippen LogP contribution >= 0.6 is 0 Å². The van der Waals surface area contributed by atoms with Gasteiger partial charge in [-0.3, -0.25) is 0 Å². The molecule has 0 aliphatic rings. The molecule has 3 aromatic rings. The highest BCUT2D eigenvalue weighted by Gasteiger charge is 2.13. The fourth-order valence-electron chi connectivity index (χ4n) is 3.83. The Kier molecular flexibility index (Phi) is 8.98. The number of hydrogen-bond acceptors (Lipinski definition) is 6. The zero-order chi connectivity index (χ0) is 26.3. The predicted octanol–water partition coefficient (Wildman–Crippen LogP) is 5.21. The molecule has 0 fully saturated rings. The summed E-state index contributed by atoms with van der Waals surface area (Å²) in [7, 11) is -2.99. The van der Waals surface area contributed by atoms with Gasteiger partial charge >= 0.3 is 5.97 Å². The van der Waals surface area contributed by atoms with Crippen molar-refractivity contribution in [3.05, 3.63) is 77.4 Å². The quantitative estimate of drug-likeness (QED) is 0.332. The van der Waals surface area contributed by atoms with Crippen LogP contribution in [0.1, 0.15) is 30.0 Å². The average molecular weight is 513 g/mol. The molecule has 1 unspecified atom stereocenters. The van der Waals surface area contributed by atoms with Crippen molar-refractivity contribution >= 4 is 15.8 Å². The Morgan fingerprint density at radius 3 is 2.17 bits per heavy atom. The molecule has 0 aromatic heterocycles. The number of carbonyl (C=O) groups is 1. The van der Waals surface area contributed by atoms with E-state index in [9.17, 15) is 13.2 Å². The first-order valence-corrected chi connectivity index (χ1v) is 13.7. The minimum absolute atomic E-state index is 0.111. The van der Waals surface area contributed by atoms with Gasteiger partial charge in [0.2, 0.25) is 0 Å². The van der Waals surface area contributed by atoms with Gasteiger partial charge in [-0.05, 0) is 97.5 Å². The fourth-order valence-corrected chi connectivity index (χ4v) is 4.47. The molecule has 1 N–H and O–H groups in total. The van der Waals surface area contributed by atoms with Crippen LogP contribution in [0.5, 0.6) is 17.2 Å². The van der Waals surface area contributed by atoms with E-state index in [4.69, 9.17) is 19.3 Å². The molecule has 0 saturated heterocycles. The van der Waals surface area contributed by atoms with Crippen LogP contribution in [-0.4, -0.2) is 44.2 Å². The van der Waals surface area contributed by atoms with Gasteiger partial charge < -0.3 is 19.3 Å². The van der Waals surface area contributed by atoms with Gasteiger partial charge in [-0.15, -0.1) is 0 Å². The second-order valence-electron chi connectivity index (χ2n) is 8.82. The summed E-state index contributed by atoms with van der Waals surface area (Å²) in [6.45, 7) is 6.27. The molecule has 192 valence electrons. The molecule has 1 atom stereocenters. The van der Waals surface area contributed by atoms with Gasteiger partial charge in [0.25, 0.3) is 0 Å². The Hall–Kier alpha value is -3.52. The standard InChI is InChI=1S/C28H32O7S/c1-19-15-26(33-13-6-14-36(4,31)32)16-20(2)27(19)23-8-5-7-22(17-23)18-34-24-9-11-25(12-10-24)35-21(3)28(29)30/h5,7-12,15-17,21H,6,13-14,18H2,1-4H3,(H,29,30). The molecule has 0 radical (unpaired) electrons. The largest absolute Gasteiger partial charge is 0.494 e. The van der Waals surface area contributed by atoms with Gasteiger partial charge in [-0.2, -0.15) is 0 Å². The first kappa shape index (κ1) is 27.1. The molecule has 0 heterocycles. The van der Waals surface area contributed by atoms with E-state index in [0.717, 1.165) is 33.6 Å². The van der Waals surface area contributed by atoms with E-state index in [1.165, 1.54) is 13.2 Å². The number of rotatable bonds is 12. The van der Waals surface area contributed by atoms with E-state index in [1.807, 2.05) is 38.1 Å². The molecule has 3 rings (SSSR count). The number of carboxylic acids is 1. The second-order valence-corrected chi connectivity index (χ2v) is 11.1. The summed E-state index contributed by atoms with van der Waals surface area (Å²) in [4.78, 5) is 10.9. The molecule has 0 aliphatic heterocycles. The average Bonchev–Trinajstić information content (AvgIpc) is 2.80. The lowest BCUT2D eigenvalue weighted by Gasteiger charge is -2.15. The number of aliphatic carboxylic acids is 1. The summed E-state index contributed by atoms with van der Waals surface area (Å²) in [5.74, 6) is 0.938. The van der Waals surface area contributed by atoms with Crippen LogP contribution in [0.3, 0.4) is 0 Å². The molecule has 0 bridgehead atoms. The van der Waals surface area contributed by atoms with Crippen LogP contribution in [0.2, 0.25) is 0 Å². The van der Waals surface area contributed by atoms with E-state index in [0.29, 0.717) is 31.1 Å². The van der Waals surface area contributed by atoms with Crippen LogP contribution in [0, 0.1) is 13.8 Å². The molecule has 7 nitrogen and oxygen atoms in total. The number of carboxylic acid groups (broad SMARTS) is 1. The summed E-state index contributed by atoms with van der Waals surface area (Å²) in [6.07, 6.45) is 0.760. The van der Waals surface area contributed by atoms with Gasteiger partial charge in [0.15, 0.2) is 6.10 Å². The van der Waals surface area contributed by atoms with Crippen molar-refractivity contribution in [2.45, 2.75) is 39.9 Å². The minimum atomic E-state index is -2.99. The molecular weight excluding hydrogens is 480 g/mol. The van der Waals surface area contributed by atoms with Crippen LogP contribution in [0.25, 0.3) is 11.1 Å². The number of benzene rings is 3. The van der Waals surface area contributed by atoms with E-state index in [-0.39, 0.29) is 5.75 Å². The molecule has 0 aliphatic carbocycles. The van der Waals surface area contributed by atoms with Crippen LogP contribution in [0.4, 0.5) is 0 Å². The number of sulfone groups is 1. The molecular formula is C28H32O7S. The zero-order valence-corrected chi connectivity index (χ0v) is 21.8. The highest BCUT2D eigenvalue weighted by Crippen LogP contribution is 2.32. The third-order valence-corrected chi connectivity index (χ3v) is 6.57.